The normalized spacial score (nSPS) is 25.9. The predicted octanol–water partition coefficient (Wildman–Crippen LogP) is 2.43. The number of hydrogen-bond donors (Lipinski definition) is 2. The molecule has 3 nitrogen and oxygen atoms in total. The Morgan fingerprint density at radius 1 is 1.45 bits per heavy atom. The van der Waals surface area contributed by atoms with E-state index in [9.17, 15) is 13.6 Å². The van der Waals surface area contributed by atoms with Gasteiger partial charge in [0.25, 0.3) is 0 Å². The summed E-state index contributed by atoms with van der Waals surface area (Å²) in [5.41, 5.74) is 10.5. The van der Waals surface area contributed by atoms with Crippen molar-refractivity contribution < 1.29 is 13.6 Å². The number of nitrogens with two attached hydrogens (primary N) is 2. The Hall–Kier alpha value is -1.14. The van der Waals surface area contributed by atoms with Gasteiger partial charge in [-0.3, -0.25) is 4.79 Å². The lowest BCUT2D eigenvalue weighted by Gasteiger charge is -2.27. The van der Waals surface area contributed by atoms with E-state index >= 15 is 0 Å². The summed E-state index contributed by atoms with van der Waals surface area (Å²) in [6.45, 7) is 0. The lowest BCUT2D eigenvalue weighted by molar-refractivity contribution is -0.124. The molecule has 1 saturated carbocycles. The number of rotatable bonds is 5. The zero-order valence-electron chi connectivity index (χ0n) is 11.1. The van der Waals surface area contributed by atoms with E-state index in [4.69, 9.17) is 11.5 Å². The van der Waals surface area contributed by atoms with Crippen LogP contribution >= 0.6 is 11.8 Å². The van der Waals surface area contributed by atoms with Crippen LogP contribution < -0.4 is 11.5 Å². The molecule has 110 valence electrons. The third-order valence-electron chi connectivity index (χ3n) is 3.95. The van der Waals surface area contributed by atoms with Crippen LogP contribution in [0.1, 0.15) is 25.7 Å². The SMILES string of the molecule is NC(=O)C1(N)CCCC1CCSc1ccc(F)cc1F. The fourth-order valence-corrected chi connectivity index (χ4v) is 3.72. The molecule has 0 aromatic heterocycles. The highest BCUT2D eigenvalue weighted by molar-refractivity contribution is 7.99. The van der Waals surface area contributed by atoms with E-state index in [-0.39, 0.29) is 5.92 Å². The molecule has 0 spiro atoms. The fraction of sp³-hybridized carbons (Fsp3) is 0.500. The molecule has 1 aliphatic rings. The van der Waals surface area contributed by atoms with E-state index in [1.54, 1.807) is 0 Å². The van der Waals surface area contributed by atoms with E-state index in [0.29, 0.717) is 23.5 Å². The highest BCUT2D eigenvalue weighted by Gasteiger charge is 2.43. The van der Waals surface area contributed by atoms with E-state index in [2.05, 4.69) is 0 Å². The minimum Gasteiger partial charge on any atom is -0.368 e. The summed E-state index contributed by atoms with van der Waals surface area (Å²) >= 11 is 1.31. The van der Waals surface area contributed by atoms with Gasteiger partial charge >= 0.3 is 0 Å². The van der Waals surface area contributed by atoms with Crippen LogP contribution in [0.15, 0.2) is 23.1 Å². The molecule has 1 aromatic carbocycles. The average molecular weight is 300 g/mol. The molecule has 0 saturated heterocycles. The number of hydrogen-bond acceptors (Lipinski definition) is 3. The number of thioether (sulfide) groups is 1. The van der Waals surface area contributed by atoms with Gasteiger partial charge in [0, 0.05) is 11.0 Å². The third kappa shape index (κ3) is 3.12. The van der Waals surface area contributed by atoms with Crippen LogP contribution in [0.4, 0.5) is 8.78 Å². The molecule has 1 aliphatic carbocycles. The Morgan fingerprint density at radius 2 is 2.20 bits per heavy atom. The van der Waals surface area contributed by atoms with Gasteiger partial charge in [0.2, 0.25) is 5.91 Å². The lowest BCUT2D eigenvalue weighted by Crippen LogP contribution is -2.54. The Bertz CT molecular complexity index is 512. The number of carbonyl (C=O) groups is 1. The van der Waals surface area contributed by atoms with Crippen molar-refractivity contribution in [3.63, 3.8) is 0 Å². The molecule has 0 heterocycles. The van der Waals surface area contributed by atoms with Gasteiger partial charge in [-0.05, 0) is 43.1 Å². The minimum atomic E-state index is -0.929. The molecule has 0 radical (unpaired) electrons. The van der Waals surface area contributed by atoms with Crippen molar-refractivity contribution in [2.24, 2.45) is 17.4 Å². The third-order valence-corrected chi connectivity index (χ3v) is 5.03. The van der Waals surface area contributed by atoms with Crippen LogP contribution in [0.2, 0.25) is 0 Å². The number of benzene rings is 1. The molecule has 0 bridgehead atoms. The minimum absolute atomic E-state index is 0.0380. The Balaban J connectivity index is 1.91. The van der Waals surface area contributed by atoms with Crippen molar-refractivity contribution in [3.05, 3.63) is 29.8 Å². The van der Waals surface area contributed by atoms with Crippen molar-refractivity contribution in [1.29, 1.82) is 0 Å². The highest BCUT2D eigenvalue weighted by atomic mass is 32.2. The Kier molecular flexibility index (Phi) is 4.65. The van der Waals surface area contributed by atoms with Crippen molar-refractivity contribution in [1.82, 2.24) is 0 Å². The quantitative estimate of drug-likeness (QED) is 0.821. The van der Waals surface area contributed by atoms with Gasteiger partial charge in [0.15, 0.2) is 0 Å². The molecule has 2 unspecified atom stereocenters. The van der Waals surface area contributed by atoms with Crippen LogP contribution in [-0.2, 0) is 4.79 Å². The van der Waals surface area contributed by atoms with Crippen LogP contribution in [-0.4, -0.2) is 17.2 Å². The molecule has 20 heavy (non-hydrogen) atoms. The standard InChI is InChI=1S/C14H18F2N2OS/c15-10-3-4-12(11(16)8-10)20-7-5-9-2-1-6-14(9,18)13(17)19/h3-4,8-9H,1-2,5-7,18H2,(H2,17,19). The zero-order valence-corrected chi connectivity index (χ0v) is 11.9. The first-order chi connectivity index (χ1) is 9.43. The first-order valence-electron chi connectivity index (χ1n) is 6.60. The monoisotopic (exact) mass is 300 g/mol. The molecule has 1 fully saturated rings. The van der Waals surface area contributed by atoms with E-state index in [1.807, 2.05) is 0 Å². The van der Waals surface area contributed by atoms with Crippen molar-refractivity contribution in [3.8, 4) is 0 Å². The topological polar surface area (TPSA) is 69.1 Å². The van der Waals surface area contributed by atoms with Crippen molar-refractivity contribution >= 4 is 17.7 Å². The molecule has 2 atom stereocenters. The van der Waals surface area contributed by atoms with Crippen molar-refractivity contribution in [2.45, 2.75) is 36.1 Å². The van der Waals surface area contributed by atoms with Crippen molar-refractivity contribution in [2.75, 3.05) is 5.75 Å². The summed E-state index contributed by atoms with van der Waals surface area (Å²) in [6.07, 6.45) is 3.06. The van der Waals surface area contributed by atoms with Gasteiger partial charge in [-0.2, -0.15) is 0 Å². The summed E-state index contributed by atoms with van der Waals surface area (Å²) in [6, 6.07) is 3.53. The summed E-state index contributed by atoms with van der Waals surface area (Å²) in [4.78, 5) is 11.9. The summed E-state index contributed by atoms with van der Waals surface area (Å²) in [5, 5.41) is 0. The number of carbonyl (C=O) groups excluding carboxylic acids is 1. The average Bonchev–Trinajstić information content (AvgIpc) is 2.75. The van der Waals surface area contributed by atoms with Gasteiger partial charge in [0.1, 0.15) is 11.6 Å². The molecule has 2 rings (SSSR count). The second-order valence-electron chi connectivity index (χ2n) is 5.21. The largest absolute Gasteiger partial charge is 0.368 e. The summed E-state index contributed by atoms with van der Waals surface area (Å²) < 4.78 is 26.3. The molecular formula is C14H18F2N2OS. The molecule has 4 N–H and O–H groups in total. The number of primary amides is 1. The van der Waals surface area contributed by atoms with Gasteiger partial charge in [0.05, 0.1) is 5.54 Å². The molecule has 1 amide bonds. The highest BCUT2D eigenvalue weighted by Crippen LogP contribution is 2.37. The van der Waals surface area contributed by atoms with Gasteiger partial charge in [-0.15, -0.1) is 11.8 Å². The number of amides is 1. The maximum atomic E-state index is 13.5. The fourth-order valence-electron chi connectivity index (χ4n) is 2.73. The van der Waals surface area contributed by atoms with Gasteiger partial charge in [-0.25, -0.2) is 8.78 Å². The van der Waals surface area contributed by atoms with Crippen LogP contribution in [0.3, 0.4) is 0 Å². The smallest absolute Gasteiger partial charge is 0.237 e. The first-order valence-corrected chi connectivity index (χ1v) is 7.58. The van der Waals surface area contributed by atoms with E-state index in [1.165, 1.54) is 23.9 Å². The van der Waals surface area contributed by atoms with E-state index < -0.39 is 23.1 Å². The van der Waals surface area contributed by atoms with Gasteiger partial charge < -0.3 is 11.5 Å². The molecule has 1 aromatic rings. The van der Waals surface area contributed by atoms with Crippen LogP contribution in [0.25, 0.3) is 0 Å². The summed E-state index contributed by atoms with van der Waals surface area (Å²) in [7, 11) is 0. The first kappa shape index (κ1) is 15.3. The second-order valence-corrected chi connectivity index (χ2v) is 6.34. The Labute approximate surface area is 121 Å². The van der Waals surface area contributed by atoms with Crippen LogP contribution in [0.5, 0.6) is 0 Å². The molecule has 0 aliphatic heterocycles. The maximum Gasteiger partial charge on any atom is 0.237 e. The molecule has 6 heteroatoms. The van der Waals surface area contributed by atoms with Gasteiger partial charge in [-0.1, -0.05) is 6.42 Å². The molecular weight excluding hydrogens is 282 g/mol. The van der Waals surface area contributed by atoms with E-state index in [0.717, 1.165) is 18.9 Å². The maximum absolute atomic E-state index is 13.5. The second kappa shape index (κ2) is 6.10. The number of halogens is 2. The Morgan fingerprint density at radius 3 is 2.85 bits per heavy atom. The zero-order chi connectivity index (χ0) is 14.8. The predicted molar refractivity (Wildman–Crippen MR) is 75.2 cm³/mol. The lowest BCUT2D eigenvalue weighted by atomic mass is 9.85. The van der Waals surface area contributed by atoms with Crippen LogP contribution in [0, 0.1) is 17.6 Å². The summed E-state index contributed by atoms with van der Waals surface area (Å²) in [5.74, 6) is -0.943.